The molecular formula is C16H16ClNO4. The summed E-state index contributed by atoms with van der Waals surface area (Å²) in [4.78, 5) is 23.8. The van der Waals surface area contributed by atoms with Gasteiger partial charge in [0.15, 0.2) is 5.76 Å². The lowest BCUT2D eigenvalue weighted by molar-refractivity contribution is -0.141. The molecule has 116 valence electrons. The van der Waals surface area contributed by atoms with Crippen LogP contribution in [-0.4, -0.2) is 19.0 Å². The summed E-state index contributed by atoms with van der Waals surface area (Å²) >= 11 is 6.15. The number of aryl methyl sites for hydroxylation is 1. The van der Waals surface area contributed by atoms with E-state index in [2.05, 4.69) is 10.1 Å². The minimum atomic E-state index is -0.598. The molecule has 1 N–H and O–H groups in total. The third kappa shape index (κ3) is 3.89. The van der Waals surface area contributed by atoms with Gasteiger partial charge in [0.05, 0.1) is 19.6 Å². The number of nitrogens with one attached hydrogen (secondary N) is 1. The van der Waals surface area contributed by atoms with Crippen molar-refractivity contribution in [2.45, 2.75) is 19.4 Å². The van der Waals surface area contributed by atoms with Crippen molar-refractivity contribution in [2.24, 2.45) is 0 Å². The van der Waals surface area contributed by atoms with Crippen LogP contribution >= 0.6 is 11.6 Å². The smallest absolute Gasteiger partial charge is 0.307 e. The molecule has 5 nitrogen and oxygen atoms in total. The van der Waals surface area contributed by atoms with Crippen molar-refractivity contribution in [3.8, 4) is 0 Å². The number of rotatable bonds is 5. The second kappa shape index (κ2) is 7.13. The summed E-state index contributed by atoms with van der Waals surface area (Å²) in [6.45, 7) is 1.75. The maximum absolute atomic E-state index is 12.2. The van der Waals surface area contributed by atoms with Crippen LogP contribution in [0.5, 0.6) is 0 Å². The molecule has 1 atom stereocenters. The largest absolute Gasteiger partial charge is 0.469 e. The highest BCUT2D eigenvalue weighted by Crippen LogP contribution is 2.26. The molecule has 22 heavy (non-hydrogen) atoms. The topological polar surface area (TPSA) is 68.5 Å². The van der Waals surface area contributed by atoms with Crippen LogP contribution in [-0.2, 0) is 9.53 Å². The van der Waals surface area contributed by atoms with Crippen molar-refractivity contribution in [3.05, 3.63) is 58.5 Å². The Hall–Kier alpha value is -2.27. The van der Waals surface area contributed by atoms with Gasteiger partial charge in [-0.05, 0) is 30.7 Å². The highest BCUT2D eigenvalue weighted by molar-refractivity contribution is 6.31. The van der Waals surface area contributed by atoms with Gasteiger partial charge in [0.25, 0.3) is 5.91 Å². The lowest BCUT2D eigenvalue weighted by Gasteiger charge is -2.18. The minimum absolute atomic E-state index is 0.0222. The molecule has 0 fully saturated rings. The molecule has 1 amide bonds. The van der Waals surface area contributed by atoms with Gasteiger partial charge in [-0.25, -0.2) is 0 Å². The van der Waals surface area contributed by atoms with Crippen molar-refractivity contribution in [3.63, 3.8) is 0 Å². The number of carbonyl (C=O) groups is 2. The fourth-order valence-corrected chi connectivity index (χ4v) is 2.30. The number of benzene rings is 1. The predicted molar refractivity (Wildman–Crippen MR) is 81.7 cm³/mol. The summed E-state index contributed by atoms with van der Waals surface area (Å²) in [5, 5.41) is 3.22. The van der Waals surface area contributed by atoms with E-state index in [1.807, 2.05) is 0 Å². The maximum atomic E-state index is 12.2. The van der Waals surface area contributed by atoms with Crippen molar-refractivity contribution in [1.82, 2.24) is 5.32 Å². The number of furan rings is 1. The number of ether oxygens (including phenoxy) is 1. The van der Waals surface area contributed by atoms with Crippen LogP contribution in [0.15, 0.2) is 40.8 Å². The van der Waals surface area contributed by atoms with Gasteiger partial charge in [0, 0.05) is 5.02 Å². The molecular weight excluding hydrogens is 306 g/mol. The molecule has 0 aliphatic rings. The second-order valence-electron chi connectivity index (χ2n) is 4.74. The summed E-state index contributed by atoms with van der Waals surface area (Å²) < 4.78 is 9.96. The van der Waals surface area contributed by atoms with Gasteiger partial charge >= 0.3 is 5.97 Å². The van der Waals surface area contributed by atoms with E-state index in [1.54, 1.807) is 43.3 Å². The number of esters is 1. The van der Waals surface area contributed by atoms with Gasteiger partial charge in [0.1, 0.15) is 5.76 Å². The molecule has 2 aromatic rings. The standard InChI is InChI=1S/C16H16ClNO4/c1-10-7-8-14(22-10)16(20)18-13(9-15(19)21-2)11-5-3-4-6-12(11)17/h3-8,13H,9H2,1-2H3,(H,18,20)/t13-/m1/s1. The first kappa shape index (κ1) is 16.1. The average molecular weight is 322 g/mol. The molecule has 0 spiro atoms. The average Bonchev–Trinajstić information content (AvgIpc) is 2.93. The zero-order valence-corrected chi connectivity index (χ0v) is 13.0. The summed E-state index contributed by atoms with van der Waals surface area (Å²) in [6, 6.07) is 9.69. The number of hydrogen-bond acceptors (Lipinski definition) is 4. The summed E-state index contributed by atoms with van der Waals surface area (Å²) in [6.07, 6.45) is -0.0222. The maximum Gasteiger partial charge on any atom is 0.307 e. The Morgan fingerprint density at radius 1 is 1.27 bits per heavy atom. The molecule has 0 bridgehead atoms. The molecule has 0 aliphatic carbocycles. The van der Waals surface area contributed by atoms with Crippen LogP contribution in [0.25, 0.3) is 0 Å². The minimum Gasteiger partial charge on any atom is -0.469 e. The molecule has 2 rings (SSSR count). The number of halogens is 1. The van der Waals surface area contributed by atoms with Gasteiger partial charge in [-0.15, -0.1) is 0 Å². The summed E-state index contributed by atoms with van der Waals surface area (Å²) in [5.74, 6) is -0.0467. The molecule has 0 saturated heterocycles. The third-order valence-corrected chi connectivity index (χ3v) is 3.49. The summed E-state index contributed by atoms with van der Waals surface area (Å²) in [7, 11) is 1.30. The van der Waals surface area contributed by atoms with Crippen molar-refractivity contribution >= 4 is 23.5 Å². The Morgan fingerprint density at radius 2 is 2.00 bits per heavy atom. The van der Waals surface area contributed by atoms with Gasteiger partial charge in [-0.1, -0.05) is 29.8 Å². The highest BCUT2D eigenvalue weighted by atomic mass is 35.5. The monoisotopic (exact) mass is 321 g/mol. The lowest BCUT2D eigenvalue weighted by atomic mass is 10.0. The van der Waals surface area contributed by atoms with E-state index >= 15 is 0 Å². The zero-order chi connectivity index (χ0) is 16.1. The van der Waals surface area contributed by atoms with Crippen LogP contribution in [0.3, 0.4) is 0 Å². The first-order valence-electron chi connectivity index (χ1n) is 6.70. The van der Waals surface area contributed by atoms with Crippen molar-refractivity contribution in [1.29, 1.82) is 0 Å². The Kier molecular flexibility index (Phi) is 5.22. The molecule has 1 aromatic heterocycles. The summed E-state index contributed by atoms with van der Waals surface area (Å²) in [5.41, 5.74) is 0.645. The molecule has 1 heterocycles. The van der Waals surface area contributed by atoms with Crippen molar-refractivity contribution < 1.29 is 18.7 Å². The molecule has 1 aromatic carbocycles. The van der Waals surface area contributed by atoms with E-state index < -0.39 is 17.9 Å². The van der Waals surface area contributed by atoms with Gasteiger partial charge < -0.3 is 14.5 Å². The van der Waals surface area contributed by atoms with Crippen LogP contribution in [0.2, 0.25) is 5.02 Å². The molecule has 0 unspecified atom stereocenters. The zero-order valence-electron chi connectivity index (χ0n) is 12.3. The first-order valence-corrected chi connectivity index (χ1v) is 7.07. The highest BCUT2D eigenvalue weighted by Gasteiger charge is 2.22. The molecule has 0 aliphatic heterocycles. The van der Waals surface area contributed by atoms with E-state index in [0.717, 1.165) is 0 Å². The van der Waals surface area contributed by atoms with Crippen LogP contribution in [0, 0.1) is 6.92 Å². The Morgan fingerprint density at radius 3 is 2.59 bits per heavy atom. The fraction of sp³-hybridized carbons (Fsp3) is 0.250. The van der Waals surface area contributed by atoms with Crippen LogP contribution < -0.4 is 5.32 Å². The molecule has 0 saturated carbocycles. The third-order valence-electron chi connectivity index (χ3n) is 3.15. The van der Waals surface area contributed by atoms with Gasteiger partial charge in [-0.3, -0.25) is 9.59 Å². The Balaban J connectivity index is 2.23. The molecule has 6 heteroatoms. The van der Waals surface area contributed by atoms with Gasteiger partial charge in [-0.2, -0.15) is 0 Å². The van der Waals surface area contributed by atoms with E-state index in [1.165, 1.54) is 7.11 Å². The van der Waals surface area contributed by atoms with E-state index in [-0.39, 0.29) is 12.2 Å². The predicted octanol–water partition coefficient (Wildman–Crippen LogP) is 3.28. The lowest BCUT2D eigenvalue weighted by Crippen LogP contribution is -2.30. The Bertz CT molecular complexity index is 680. The van der Waals surface area contributed by atoms with E-state index in [4.69, 9.17) is 16.0 Å². The SMILES string of the molecule is COC(=O)C[C@@H](NC(=O)c1ccc(C)o1)c1ccccc1Cl. The van der Waals surface area contributed by atoms with E-state index in [9.17, 15) is 9.59 Å². The van der Waals surface area contributed by atoms with Crippen LogP contribution in [0.4, 0.5) is 0 Å². The Labute approximate surface area is 133 Å². The normalized spacial score (nSPS) is 11.8. The molecule has 0 radical (unpaired) electrons. The first-order chi connectivity index (χ1) is 10.5. The van der Waals surface area contributed by atoms with Crippen molar-refractivity contribution in [2.75, 3.05) is 7.11 Å². The number of hydrogen-bond donors (Lipinski definition) is 1. The quantitative estimate of drug-likeness (QED) is 0.858. The van der Waals surface area contributed by atoms with Crippen LogP contribution in [0.1, 0.15) is 34.3 Å². The fourth-order valence-electron chi connectivity index (χ4n) is 2.03. The number of amides is 1. The van der Waals surface area contributed by atoms with Gasteiger partial charge in [0.2, 0.25) is 0 Å². The number of carbonyl (C=O) groups excluding carboxylic acids is 2. The second-order valence-corrected chi connectivity index (χ2v) is 5.15. The van der Waals surface area contributed by atoms with E-state index in [0.29, 0.717) is 16.3 Å². The number of methoxy groups -OCH3 is 1.